The summed E-state index contributed by atoms with van der Waals surface area (Å²) in [5.41, 5.74) is 3.62. The molecule has 2 aromatic carbocycles. The number of aliphatic imine (C=N–C) groups is 1. The summed E-state index contributed by atoms with van der Waals surface area (Å²) in [5, 5.41) is 4.27. The number of nitrogens with one attached hydrogen (secondary N) is 1. The quantitative estimate of drug-likeness (QED) is 0.636. The highest BCUT2D eigenvalue weighted by molar-refractivity contribution is 6.30. The van der Waals surface area contributed by atoms with Crippen LogP contribution in [-0.2, 0) is 11.3 Å². The molecule has 5 heteroatoms. The van der Waals surface area contributed by atoms with Crippen molar-refractivity contribution in [1.29, 1.82) is 0 Å². The van der Waals surface area contributed by atoms with Crippen molar-refractivity contribution in [3.8, 4) is 11.1 Å². The number of methoxy groups -OCH3 is 1. The van der Waals surface area contributed by atoms with Crippen LogP contribution in [0.15, 0.2) is 53.5 Å². The predicted molar refractivity (Wildman–Crippen MR) is 109 cm³/mol. The number of nitrogens with zero attached hydrogens (tertiary/aromatic N) is 2. The van der Waals surface area contributed by atoms with E-state index in [0.29, 0.717) is 5.92 Å². The number of hydrogen-bond donors (Lipinski definition) is 1. The maximum atomic E-state index is 6.02. The summed E-state index contributed by atoms with van der Waals surface area (Å²) >= 11 is 6.02. The SMILES string of the molecule is CN=C(NCc1ccccc1-c1ccc(Cl)cc1)N1CCC(COC)C1. The highest BCUT2D eigenvalue weighted by atomic mass is 35.5. The molecule has 1 aliphatic rings. The molecule has 1 saturated heterocycles. The van der Waals surface area contributed by atoms with Gasteiger partial charge >= 0.3 is 0 Å². The Labute approximate surface area is 160 Å². The van der Waals surface area contributed by atoms with Crippen LogP contribution >= 0.6 is 11.6 Å². The van der Waals surface area contributed by atoms with Crippen molar-refractivity contribution in [1.82, 2.24) is 10.2 Å². The van der Waals surface area contributed by atoms with Crippen molar-refractivity contribution in [2.45, 2.75) is 13.0 Å². The lowest BCUT2D eigenvalue weighted by molar-refractivity contribution is 0.157. The molecule has 0 spiro atoms. The van der Waals surface area contributed by atoms with E-state index in [2.05, 4.69) is 51.6 Å². The molecule has 1 N–H and O–H groups in total. The van der Waals surface area contributed by atoms with Crippen molar-refractivity contribution < 1.29 is 4.74 Å². The summed E-state index contributed by atoms with van der Waals surface area (Å²) in [7, 11) is 3.61. The van der Waals surface area contributed by atoms with Crippen LogP contribution in [0.4, 0.5) is 0 Å². The molecule has 0 radical (unpaired) electrons. The van der Waals surface area contributed by atoms with Gasteiger partial charge in [-0.05, 0) is 35.2 Å². The Bertz CT molecular complexity index is 745. The summed E-state index contributed by atoms with van der Waals surface area (Å²) in [6.45, 7) is 3.56. The third-order valence-electron chi connectivity index (χ3n) is 4.81. The standard InChI is InChI=1S/C21H26ClN3O/c1-23-21(25-12-11-16(14-25)15-26-2)24-13-18-5-3-4-6-20(18)17-7-9-19(22)10-8-17/h3-10,16H,11-15H2,1-2H3,(H,23,24). The van der Waals surface area contributed by atoms with E-state index in [1.165, 1.54) is 16.7 Å². The van der Waals surface area contributed by atoms with Gasteiger partial charge in [0.2, 0.25) is 0 Å². The van der Waals surface area contributed by atoms with Gasteiger partial charge in [-0.15, -0.1) is 0 Å². The first-order chi connectivity index (χ1) is 12.7. The molecule has 1 atom stereocenters. The average molecular weight is 372 g/mol. The monoisotopic (exact) mass is 371 g/mol. The molecular weight excluding hydrogens is 346 g/mol. The summed E-state index contributed by atoms with van der Waals surface area (Å²) in [6.07, 6.45) is 1.15. The molecule has 2 aromatic rings. The van der Waals surface area contributed by atoms with Gasteiger partial charge in [-0.2, -0.15) is 0 Å². The van der Waals surface area contributed by atoms with Crippen LogP contribution in [-0.4, -0.2) is 44.7 Å². The van der Waals surface area contributed by atoms with Crippen LogP contribution in [0.25, 0.3) is 11.1 Å². The Morgan fingerprint density at radius 1 is 1.23 bits per heavy atom. The predicted octanol–water partition coefficient (Wildman–Crippen LogP) is 4.05. The lowest BCUT2D eigenvalue weighted by Crippen LogP contribution is -2.39. The molecule has 26 heavy (non-hydrogen) atoms. The third kappa shape index (κ3) is 4.57. The van der Waals surface area contributed by atoms with Gasteiger partial charge < -0.3 is 15.0 Å². The second-order valence-corrected chi connectivity index (χ2v) is 7.06. The molecule has 0 aliphatic carbocycles. The molecule has 0 amide bonds. The fraction of sp³-hybridized carbons (Fsp3) is 0.381. The summed E-state index contributed by atoms with van der Waals surface area (Å²) in [4.78, 5) is 6.78. The maximum absolute atomic E-state index is 6.02. The Hall–Kier alpha value is -2.04. The van der Waals surface area contributed by atoms with Crippen LogP contribution < -0.4 is 5.32 Å². The number of hydrogen-bond acceptors (Lipinski definition) is 2. The van der Waals surface area contributed by atoms with Gasteiger partial charge in [0.15, 0.2) is 5.96 Å². The van der Waals surface area contributed by atoms with Crippen molar-refractivity contribution >= 4 is 17.6 Å². The molecule has 1 aliphatic heterocycles. The Kier molecular flexibility index (Phi) is 6.53. The molecular formula is C21H26ClN3O. The van der Waals surface area contributed by atoms with E-state index >= 15 is 0 Å². The number of ether oxygens (including phenoxy) is 1. The van der Waals surface area contributed by atoms with E-state index in [0.717, 1.165) is 43.6 Å². The lowest BCUT2D eigenvalue weighted by atomic mass is 10.00. The summed E-state index contributed by atoms with van der Waals surface area (Å²) in [5.74, 6) is 1.54. The van der Waals surface area contributed by atoms with Crippen molar-refractivity contribution in [3.05, 3.63) is 59.1 Å². The fourth-order valence-corrected chi connectivity index (χ4v) is 3.61. The second kappa shape index (κ2) is 9.06. The van der Waals surface area contributed by atoms with E-state index in [1.807, 2.05) is 19.2 Å². The van der Waals surface area contributed by atoms with Gasteiger partial charge in [-0.1, -0.05) is 48.0 Å². The van der Waals surface area contributed by atoms with Crippen molar-refractivity contribution in [2.75, 3.05) is 33.9 Å². The van der Waals surface area contributed by atoms with Crippen molar-refractivity contribution in [3.63, 3.8) is 0 Å². The zero-order valence-electron chi connectivity index (χ0n) is 15.4. The molecule has 1 unspecified atom stereocenters. The van der Waals surface area contributed by atoms with E-state index in [-0.39, 0.29) is 0 Å². The average Bonchev–Trinajstić information content (AvgIpc) is 3.12. The number of benzene rings is 2. The Balaban J connectivity index is 1.69. The molecule has 4 nitrogen and oxygen atoms in total. The van der Waals surface area contributed by atoms with Crippen LogP contribution in [0.2, 0.25) is 5.02 Å². The van der Waals surface area contributed by atoms with Gasteiger partial charge in [0.05, 0.1) is 6.61 Å². The molecule has 138 valence electrons. The van der Waals surface area contributed by atoms with Gasteiger partial charge in [-0.3, -0.25) is 4.99 Å². The number of likely N-dealkylation sites (tertiary alicyclic amines) is 1. The van der Waals surface area contributed by atoms with E-state index < -0.39 is 0 Å². The minimum atomic E-state index is 0.583. The molecule has 1 fully saturated rings. The minimum absolute atomic E-state index is 0.583. The van der Waals surface area contributed by atoms with Crippen LogP contribution in [0.1, 0.15) is 12.0 Å². The smallest absolute Gasteiger partial charge is 0.193 e. The van der Waals surface area contributed by atoms with Crippen molar-refractivity contribution in [2.24, 2.45) is 10.9 Å². The second-order valence-electron chi connectivity index (χ2n) is 6.62. The Morgan fingerprint density at radius 3 is 2.73 bits per heavy atom. The first-order valence-electron chi connectivity index (χ1n) is 8.99. The van der Waals surface area contributed by atoms with E-state index in [9.17, 15) is 0 Å². The molecule has 0 bridgehead atoms. The third-order valence-corrected chi connectivity index (χ3v) is 5.06. The Morgan fingerprint density at radius 2 is 2.00 bits per heavy atom. The molecule has 1 heterocycles. The van der Waals surface area contributed by atoms with E-state index in [1.54, 1.807) is 7.11 Å². The van der Waals surface area contributed by atoms with Crippen LogP contribution in [0.5, 0.6) is 0 Å². The molecule has 0 aromatic heterocycles. The fourth-order valence-electron chi connectivity index (χ4n) is 3.49. The zero-order chi connectivity index (χ0) is 18.4. The topological polar surface area (TPSA) is 36.9 Å². The lowest BCUT2D eigenvalue weighted by Gasteiger charge is -2.22. The van der Waals surface area contributed by atoms with Crippen LogP contribution in [0.3, 0.4) is 0 Å². The number of guanidine groups is 1. The maximum Gasteiger partial charge on any atom is 0.193 e. The van der Waals surface area contributed by atoms with E-state index in [4.69, 9.17) is 16.3 Å². The number of halogens is 1. The van der Waals surface area contributed by atoms with Crippen LogP contribution in [0, 0.1) is 5.92 Å². The van der Waals surface area contributed by atoms with Gasteiger partial charge in [0, 0.05) is 44.7 Å². The minimum Gasteiger partial charge on any atom is -0.384 e. The first-order valence-corrected chi connectivity index (χ1v) is 9.37. The molecule has 0 saturated carbocycles. The van der Waals surface area contributed by atoms with Gasteiger partial charge in [-0.25, -0.2) is 0 Å². The van der Waals surface area contributed by atoms with Gasteiger partial charge in [0.1, 0.15) is 0 Å². The first kappa shape index (κ1) is 18.7. The summed E-state index contributed by atoms with van der Waals surface area (Å²) < 4.78 is 5.29. The highest BCUT2D eigenvalue weighted by Gasteiger charge is 2.24. The normalized spacial score (nSPS) is 17.6. The highest BCUT2D eigenvalue weighted by Crippen LogP contribution is 2.25. The van der Waals surface area contributed by atoms with Gasteiger partial charge in [0.25, 0.3) is 0 Å². The largest absolute Gasteiger partial charge is 0.384 e. The zero-order valence-corrected chi connectivity index (χ0v) is 16.2. The number of rotatable bonds is 5. The molecule has 3 rings (SSSR count). The summed E-state index contributed by atoms with van der Waals surface area (Å²) in [6, 6.07) is 16.4.